The normalized spacial score (nSPS) is 16.1. The van der Waals surface area contributed by atoms with Crippen molar-refractivity contribution in [2.24, 2.45) is 5.73 Å². The largest absolute Gasteiger partial charge is 0.495 e. The van der Waals surface area contributed by atoms with Crippen molar-refractivity contribution < 1.29 is 37.0 Å². The molecular weight excluding hydrogens is 579 g/mol. The Morgan fingerprint density at radius 2 is 1.93 bits per heavy atom. The van der Waals surface area contributed by atoms with E-state index in [0.29, 0.717) is 18.6 Å². The standard InChI is InChI=1S/C29H29ClF3N3O6/c1-40-26-15-36(27(38)13-21(26)20-11-18(30)6-8-25(20)42-16-29(31,32)33)23(12-19-4-2-3-9-41-19)24(37)10-17-5-7-22(28(34)39)35-14-17/h5-8,11,13-15,19,23H,2-4,9-10,12,16H2,1H3,(H2,34,39)/t19-,23?/m0/s1. The Kier molecular flexibility index (Phi) is 9.89. The number of carbonyl (C=O) groups excluding carboxylic acids is 2. The molecule has 3 heterocycles. The van der Waals surface area contributed by atoms with E-state index in [-0.39, 0.29) is 58.1 Å². The number of hydrogen-bond donors (Lipinski definition) is 1. The average Bonchev–Trinajstić information content (AvgIpc) is 2.95. The number of alkyl halides is 3. The summed E-state index contributed by atoms with van der Waals surface area (Å²) in [6.07, 6.45) is 0.516. The zero-order valence-corrected chi connectivity index (χ0v) is 23.4. The van der Waals surface area contributed by atoms with Crippen LogP contribution in [0.15, 0.2) is 53.6 Å². The van der Waals surface area contributed by atoms with Gasteiger partial charge in [0.2, 0.25) is 0 Å². The van der Waals surface area contributed by atoms with Gasteiger partial charge in [-0.15, -0.1) is 0 Å². The number of hydrogen-bond acceptors (Lipinski definition) is 7. The highest BCUT2D eigenvalue weighted by atomic mass is 35.5. The number of carbonyl (C=O) groups is 2. The Hall–Kier alpha value is -3.90. The first-order valence-corrected chi connectivity index (χ1v) is 13.5. The van der Waals surface area contributed by atoms with Gasteiger partial charge in [-0.1, -0.05) is 17.7 Å². The van der Waals surface area contributed by atoms with Crippen LogP contribution in [0.25, 0.3) is 11.1 Å². The van der Waals surface area contributed by atoms with Crippen LogP contribution < -0.4 is 20.8 Å². The maximum Gasteiger partial charge on any atom is 0.422 e. The molecule has 0 bridgehead atoms. The Bertz CT molecular complexity index is 1490. The first kappa shape index (κ1) is 31.0. The molecule has 1 unspecified atom stereocenters. The molecule has 1 saturated heterocycles. The number of Topliss-reactive ketones (excluding diaryl/α,β-unsaturated/α-hetero) is 1. The van der Waals surface area contributed by atoms with Gasteiger partial charge in [-0.25, -0.2) is 0 Å². The minimum Gasteiger partial charge on any atom is -0.495 e. The van der Waals surface area contributed by atoms with Crippen LogP contribution in [0.2, 0.25) is 5.02 Å². The minimum atomic E-state index is -4.59. The summed E-state index contributed by atoms with van der Waals surface area (Å²) in [5.74, 6) is -1.05. The van der Waals surface area contributed by atoms with Gasteiger partial charge in [-0.05, 0) is 49.1 Å². The van der Waals surface area contributed by atoms with Gasteiger partial charge in [0.1, 0.15) is 17.2 Å². The number of ketones is 1. The van der Waals surface area contributed by atoms with Gasteiger partial charge in [0.15, 0.2) is 12.4 Å². The molecule has 1 aromatic carbocycles. The fraction of sp³-hybridized carbons (Fsp3) is 0.379. The average molecular weight is 608 g/mol. The second kappa shape index (κ2) is 13.4. The molecule has 0 spiro atoms. The molecule has 2 atom stereocenters. The minimum absolute atomic E-state index is 0.0505. The molecule has 9 nitrogen and oxygen atoms in total. The summed E-state index contributed by atoms with van der Waals surface area (Å²) in [5.41, 5.74) is 5.48. The highest BCUT2D eigenvalue weighted by Crippen LogP contribution is 2.38. The smallest absolute Gasteiger partial charge is 0.422 e. The Balaban J connectivity index is 1.73. The number of rotatable bonds is 11. The summed E-state index contributed by atoms with van der Waals surface area (Å²) in [5, 5.41) is 0.203. The third kappa shape index (κ3) is 7.89. The molecule has 1 aliphatic rings. The first-order valence-electron chi connectivity index (χ1n) is 13.1. The number of benzene rings is 1. The van der Waals surface area contributed by atoms with E-state index in [2.05, 4.69) is 4.98 Å². The van der Waals surface area contributed by atoms with Crippen molar-refractivity contribution in [3.63, 3.8) is 0 Å². The first-order chi connectivity index (χ1) is 19.9. The SMILES string of the molecule is COc1cn(C(C[C@@H]2CCCCO2)C(=O)Cc2ccc(C(N)=O)nc2)c(=O)cc1-c1cc(Cl)ccc1OCC(F)(F)F. The number of methoxy groups -OCH3 is 1. The summed E-state index contributed by atoms with van der Waals surface area (Å²) in [6, 6.07) is 7.21. The predicted molar refractivity (Wildman–Crippen MR) is 148 cm³/mol. The van der Waals surface area contributed by atoms with E-state index in [1.54, 1.807) is 6.07 Å². The lowest BCUT2D eigenvalue weighted by Crippen LogP contribution is -2.34. The van der Waals surface area contributed by atoms with E-state index in [1.165, 1.54) is 54.4 Å². The Morgan fingerprint density at radius 3 is 2.55 bits per heavy atom. The molecular formula is C29H29ClF3N3O6. The van der Waals surface area contributed by atoms with Crippen molar-refractivity contribution in [3.05, 3.63) is 75.4 Å². The van der Waals surface area contributed by atoms with E-state index >= 15 is 0 Å². The van der Waals surface area contributed by atoms with Crippen LogP contribution in [0.1, 0.15) is 47.8 Å². The molecule has 4 rings (SSSR count). The number of amides is 1. The lowest BCUT2D eigenvalue weighted by atomic mass is 9.95. The predicted octanol–water partition coefficient (Wildman–Crippen LogP) is 4.92. The van der Waals surface area contributed by atoms with Crippen molar-refractivity contribution in [1.82, 2.24) is 9.55 Å². The van der Waals surface area contributed by atoms with E-state index in [1.807, 2.05) is 0 Å². The summed E-state index contributed by atoms with van der Waals surface area (Å²) in [6.45, 7) is -1.01. The van der Waals surface area contributed by atoms with Crippen molar-refractivity contribution >= 4 is 23.3 Å². The van der Waals surface area contributed by atoms with Crippen LogP contribution in [0.4, 0.5) is 13.2 Å². The fourth-order valence-electron chi connectivity index (χ4n) is 4.78. The molecule has 2 N–H and O–H groups in total. The molecule has 1 fully saturated rings. The number of nitrogens with zero attached hydrogens (tertiary/aromatic N) is 2. The highest BCUT2D eigenvalue weighted by Gasteiger charge is 2.31. The molecule has 0 aliphatic carbocycles. The van der Waals surface area contributed by atoms with E-state index in [9.17, 15) is 27.6 Å². The van der Waals surface area contributed by atoms with Crippen molar-refractivity contribution in [1.29, 1.82) is 0 Å². The van der Waals surface area contributed by atoms with Gasteiger partial charge in [0, 0.05) is 47.9 Å². The van der Waals surface area contributed by atoms with Crippen LogP contribution in [0.3, 0.4) is 0 Å². The number of pyridine rings is 2. The number of primary amides is 1. The van der Waals surface area contributed by atoms with Crippen LogP contribution in [-0.4, -0.2) is 53.8 Å². The monoisotopic (exact) mass is 607 g/mol. The second-order valence-electron chi connectivity index (χ2n) is 9.84. The van der Waals surface area contributed by atoms with Crippen LogP contribution >= 0.6 is 11.6 Å². The van der Waals surface area contributed by atoms with Crippen LogP contribution in [0, 0.1) is 0 Å². The van der Waals surface area contributed by atoms with Gasteiger partial charge in [0.05, 0.1) is 25.5 Å². The topological polar surface area (TPSA) is 123 Å². The quantitative estimate of drug-likeness (QED) is 0.328. The van der Waals surface area contributed by atoms with Crippen LogP contribution in [0.5, 0.6) is 11.5 Å². The Morgan fingerprint density at radius 1 is 1.17 bits per heavy atom. The van der Waals surface area contributed by atoms with Crippen molar-refractivity contribution in [2.75, 3.05) is 20.3 Å². The maximum absolute atomic E-state index is 13.7. The summed E-state index contributed by atoms with van der Waals surface area (Å²) >= 11 is 6.14. The number of ether oxygens (including phenoxy) is 3. The molecule has 1 aliphatic heterocycles. The maximum atomic E-state index is 13.7. The van der Waals surface area contributed by atoms with E-state index in [4.69, 9.17) is 31.5 Å². The third-order valence-electron chi connectivity index (χ3n) is 6.81. The zero-order valence-electron chi connectivity index (χ0n) is 22.7. The summed E-state index contributed by atoms with van der Waals surface area (Å²) in [7, 11) is 1.33. The number of halogens is 4. The second-order valence-corrected chi connectivity index (χ2v) is 10.3. The van der Waals surface area contributed by atoms with Gasteiger partial charge in [-0.3, -0.25) is 19.4 Å². The zero-order chi connectivity index (χ0) is 30.4. The lowest BCUT2D eigenvalue weighted by Gasteiger charge is -2.28. The van der Waals surface area contributed by atoms with Gasteiger partial charge >= 0.3 is 6.18 Å². The fourth-order valence-corrected chi connectivity index (χ4v) is 4.95. The molecule has 0 saturated carbocycles. The third-order valence-corrected chi connectivity index (χ3v) is 7.05. The van der Waals surface area contributed by atoms with Gasteiger partial charge in [0.25, 0.3) is 11.5 Å². The molecule has 42 heavy (non-hydrogen) atoms. The highest BCUT2D eigenvalue weighted by molar-refractivity contribution is 6.31. The van der Waals surface area contributed by atoms with E-state index in [0.717, 1.165) is 12.8 Å². The summed E-state index contributed by atoms with van der Waals surface area (Å²) < 4.78 is 56.3. The number of aromatic nitrogens is 2. The van der Waals surface area contributed by atoms with Gasteiger partial charge < -0.3 is 24.5 Å². The molecule has 224 valence electrons. The molecule has 2 aromatic heterocycles. The molecule has 3 aromatic rings. The van der Waals surface area contributed by atoms with E-state index < -0.39 is 30.3 Å². The Labute approximate surface area is 244 Å². The number of nitrogens with two attached hydrogens (primary N) is 1. The van der Waals surface area contributed by atoms with Crippen molar-refractivity contribution in [3.8, 4) is 22.6 Å². The summed E-state index contributed by atoms with van der Waals surface area (Å²) in [4.78, 5) is 42.6. The van der Waals surface area contributed by atoms with Gasteiger partial charge in [-0.2, -0.15) is 13.2 Å². The lowest BCUT2D eigenvalue weighted by molar-refractivity contribution is -0.153. The molecule has 1 amide bonds. The molecule has 13 heteroatoms. The van der Waals surface area contributed by atoms with Crippen molar-refractivity contribution in [2.45, 2.75) is 50.4 Å². The molecule has 0 radical (unpaired) electrons. The van der Waals surface area contributed by atoms with Crippen LogP contribution in [-0.2, 0) is 16.0 Å².